The molecule has 0 aliphatic heterocycles. The number of rotatable bonds is 6. The molecule has 0 aliphatic rings. The molecule has 0 amide bonds. The predicted octanol–water partition coefficient (Wildman–Crippen LogP) is 3.60. The van der Waals surface area contributed by atoms with Gasteiger partial charge in [0.25, 0.3) is 0 Å². The van der Waals surface area contributed by atoms with Crippen LogP contribution in [0.5, 0.6) is 0 Å². The molecule has 0 radical (unpaired) electrons. The van der Waals surface area contributed by atoms with Crippen molar-refractivity contribution in [2.24, 2.45) is 0 Å². The maximum Gasteiger partial charge on any atom is 0.132 e. The summed E-state index contributed by atoms with van der Waals surface area (Å²) < 4.78 is 0. The topological polar surface area (TPSA) is 55.0 Å². The van der Waals surface area contributed by atoms with Crippen LogP contribution in [0.15, 0.2) is 36.7 Å². The van der Waals surface area contributed by atoms with Crippen molar-refractivity contribution < 1.29 is 0 Å². The molecule has 0 spiro atoms. The summed E-state index contributed by atoms with van der Waals surface area (Å²) in [5.74, 6) is 1.40. The Bertz CT molecular complexity index is 563. The van der Waals surface area contributed by atoms with Gasteiger partial charge in [-0.2, -0.15) is 0 Å². The van der Waals surface area contributed by atoms with Crippen molar-refractivity contribution >= 4 is 11.5 Å². The second kappa shape index (κ2) is 7.07. The van der Waals surface area contributed by atoms with Crippen LogP contribution in [0, 0.1) is 0 Å². The van der Waals surface area contributed by atoms with E-state index in [0.29, 0.717) is 5.92 Å². The maximum absolute atomic E-state index is 5.75. The molecule has 0 saturated carbocycles. The Balaban J connectivity index is 2.21. The minimum atomic E-state index is 0.409. The first kappa shape index (κ1) is 15.3. The molecule has 1 aromatic heterocycles. The Morgan fingerprint density at radius 2 is 1.86 bits per heavy atom. The molecule has 2 aromatic rings. The average molecular weight is 284 g/mol. The fourth-order valence-electron chi connectivity index (χ4n) is 2.24. The average Bonchev–Trinajstić information content (AvgIpc) is 2.49. The zero-order chi connectivity index (χ0) is 15.2. The minimum absolute atomic E-state index is 0.409. The highest BCUT2D eigenvalue weighted by atomic mass is 15.2. The van der Waals surface area contributed by atoms with Gasteiger partial charge in [0.05, 0.1) is 0 Å². The van der Waals surface area contributed by atoms with E-state index in [4.69, 9.17) is 5.73 Å². The monoisotopic (exact) mass is 284 g/mol. The number of benzene rings is 1. The molecule has 0 atom stereocenters. The fourth-order valence-corrected chi connectivity index (χ4v) is 2.24. The Morgan fingerprint density at radius 3 is 2.48 bits per heavy atom. The van der Waals surface area contributed by atoms with E-state index < -0.39 is 0 Å². The first-order valence-corrected chi connectivity index (χ1v) is 7.51. The zero-order valence-corrected chi connectivity index (χ0v) is 13.1. The summed E-state index contributed by atoms with van der Waals surface area (Å²) in [5.41, 5.74) is 8.86. The van der Waals surface area contributed by atoms with Gasteiger partial charge in [0.15, 0.2) is 0 Å². The van der Waals surface area contributed by atoms with Crippen LogP contribution in [-0.2, 0) is 6.54 Å². The number of aromatic nitrogens is 2. The van der Waals surface area contributed by atoms with Crippen LogP contribution in [0.2, 0.25) is 0 Å². The van der Waals surface area contributed by atoms with Gasteiger partial charge in [0.2, 0.25) is 0 Å². The highest BCUT2D eigenvalue weighted by Crippen LogP contribution is 2.19. The van der Waals surface area contributed by atoms with E-state index >= 15 is 0 Å². The molecular weight excluding hydrogens is 260 g/mol. The molecule has 0 aliphatic carbocycles. The lowest BCUT2D eigenvalue weighted by Gasteiger charge is -2.24. The van der Waals surface area contributed by atoms with Crippen LogP contribution in [0.3, 0.4) is 0 Å². The van der Waals surface area contributed by atoms with Crippen molar-refractivity contribution in [3.05, 3.63) is 47.9 Å². The molecule has 1 aromatic carbocycles. The summed E-state index contributed by atoms with van der Waals surface area (Å²) in [6.07, 6.45) is 2.74. The van der Waals surface area contributed by atoms with Gasteiger partial charge in [0.1, 0.15) is 12.1 Å². The molecule has 4 heteroatoms. The van der Waals surface area contributed by atoms with Crippen molar-refractivity contribution in [1.29, 1.82) is 0 Å². The van der Waals surface area contributed by atoms with Gasteiger partial charge >= 0.3 is 0 Å². The van der Waals surface area contributed by atoms with E-state index in [1.165, 1.54) is 5.56 Å². The van der Waals surface area contributed by atoms with Gasteiger partial charge in [0, 0.05) is 30.5 Å². The molecule has 2 rings (SSSR count). The lowest BCUT2D eigenvalue weighted by Crippen LogP contribution is -2.24. The maximum atomic E-state index is 5.75. The number of nitrogens with two attached hydrogens (primary N) is 1. The van der Waals surface area contributed by atoms with Gasteiger partial charge in [-0.05, 0) is 30.0 Å². The number of hydrogen-bond acceptors (Lipinski definition) is 4. The van der Waals surface area contributed by atoms with Crippen molar-refractivity contribution in [3.63, 3.8) is 0 Å². The van der Waals surface area contributed by atoms with E-state index in [9.17, 15) is 0 Å². The van der Waals surface area contributed by atoms with Gasteiger partial charge in [-0.25, -0.2) is 9.97 Å². The van der Waals surface area contributed by atoms with Gasteiger partial charge in [-0.3, -0.25) is 0 Å². The molecule has 2 N–H and O–H groups in total. The quantitative estimate of drug-likeness (QED) is 0.823. The molecule has 0 bridgehead atoms. The Hall–Kier alpha value is -2.10. The fraction of sp³-hybridized carbons (Fsp3) is 0.412. The van der Waals surface area contributed by atoms with E-state index in [2.05, 4.69) is 53.8 Å². The normalized spacial score (nSPS) is 10.9. The van der Waals surface area contributed by atoms with Crippen LogP contribution in [0.25, 0.3) is 0 Å². The summed E-state index contributed by atoms with van der Waals surface area (Å²) in [6.45, 7) is 8.29. The highest BCUT2D eigenvalue weighted by molar-refractivity contribution is 5.43. The van der Waals surface area contributed by atoms with Gasteiger partial charge < -0.3 is 10.6 Å². The van der Waals surface area contributed by atoms with E-state index in [1.807, 2.05) is 12.1 Å². The lowest BCUT2D eigenvalue weighted by atomic mass is 10.1. The van der Waals surface area contributed by atoms with Crippen LogP contribution >= 0.6 is 0 Å². The molecule has 112 valence electrons. The molecule has 4 nitrogen and oxygen atoms in total. The van der Waals surface area contributed by atoms with Gasteiger partial charge in [-0.1, -0.05) is 32.9 Å². The third-order valence-electron chi connectivity index (χ3n) is 3.44. The minimum Gasteiger partial charge on any atom is -0.399 e. The van der Waals surface area contributed by atoms with Gasteiger partial charge in [-0.15, -0.1) is 0 Å². The summed E-state index contributed by atoms with van der Waals surface area (Å²) >= 11 is 0. The number of hydrogen-bond donors (Lipinski definition) is 1. The summed E-state index contributed by atoms with van der Waals surface area (Å²) in [4.78, 5) is 11.1. The molecule has 21 heavy (non-hydrogen) atoms. The Labute approximate surface area is 127 Å². The van der Waals surface area contributed by atoms with Crippen molar-refractivity contribution in [2.75, 3.05) is 17.2 Å². The van der Waals surface area contributed by atoms with Crippen LogP contribution in [-0.4, -0.2) is 16.5 Å². The van der Waals surface area contributed by atoms with Crippen LogP contribution in [0.1, 0.15) is 44.4 Å². The second-order valence-electron chi connectivity index (χ2n) is 5.62. The van der Waals surface area contributed by atoms with Crippen LogP contribution in [0.4, 0.5) is 11.5 Å². The third-order valence-corrected chi connectivity index (χ3v) is 3.44. The zero-order valence-electron chi connectivity index (χ0n) is 13.1. The lowest BCUT2D eigenvalue weighted by molar-refractivity contribution is 0.742. The first-order valence-electron chi connectivity index (χ1n) is 7.51. The molecule has 0 saturated heterocycles. The largest absolute Gasteiger partial charge is 0.399 e. The number of nitrogens with zero attached hydrogens (tertiary/aromatic N) is 3. The third kappa shape index (κ3) is 4.18. The van der Waals surface area contributed by atoms with Crippen molar-refractivity contribution in [2.45, 2.75) is 39.7 Å². The molecule has 0 unspecified atom stereocenters. The first-order chi connectivity index (χ1) is 10.1. The second-order valence-corrected chi connectivity index (χ2v) is 5.62. The SMILES string of the molecule is CCCN(Cc1ccc(N)cc1)c1cc(C(C)C)ncn1. The van der Waals surface area contributed by atoms with Crippen LogP contribution < -0.4 is 10.6 Å². The number of nitrogen functional groups attached to an aromatic ring is 1. The summed E-state index contributed by atoms with van der Waals surface area (Å²) in [5, 5.41) is 0. The summed E-state index contributed by atoms with van der Waals surface area (Å²) in [7, 11) is 0. The van der Waals surface area contributed by atoms with E-state index in [-0.39, 0.29) is 0 Å². The smallest absolute Gasteiger partial charge is 0.132 e. The van der Waals surface area contributed by atoms with Crippen molar-refractivity contribution in [1.82, 2.24) is 9.97 Å². The standard InChI is InChI=1S/C17H24N4/c1-4-9-21(11-14-5-7-15(18)8-6-14)17-10-16(13(2)3)19-12-20-17/h5-8,10,12-13H,4,9,11,18H2,1-3H3. The van der Waals surface area contributed by atoms with E-state index in [0.717, 1.165) is 36.7 Å². The molecule has 0 fully saturated rings. The Kier molecular flexibility index (Phi) is 5.14. The summed E-state index contributed by atoms with van der Waals surface area (Å²) in [6, 6.07) is 10.1. The predicted molar refractivity (Wildman–Crippen MR) is 88.3 cm³/mol. The number of anilines is 2. The molecule has 1 heterocycles. The molecular formula is C17H24N4. The Morgan fingerprint density at radius 1 is 1.14 bits per heavy atom. The highest BCUT2D eigenvalue weighted by Gasteiger charge is 2.10. The van der Waals surface area contributed by atoms with Crippen molar-refractivity contribution in [3.8, 4) is 0 Å². The van der Waals surface area contributed by atoms with E-state index in [1.54, 1.807) is 6.33 Å².